The molecule has 0 saturated heterocycles. The molecule has 0 aliphatic rings. The van der Waals surface area contributed by atoms with Gasteiger partial charge in [0, 0.05) is 5.69 Å². The average molecular weight is 283 g/mol. The lowest BCUT2D eigenvalue weighted by Crippen LogP contribution is -2.21. The number of nitrogens with one attached hydrogen (secondary N) is 1. The molecule has 108 valence electrons. The SMILES string of the molecule is Cc1cccc(NC(=O)COC(=O)c2ccccc2C)c1. The topological polar surface area (TPSA) is 55.4 Å². The van der Waals surface area contributed by atoms with E-state index < -0.39 is 5.97 Å². The molecule has 0 radical (unpaired) electrons. The summed E-state index contributed by atoms with van der Waals surface area (Å²) in [6.07, 6.45) is 0. The maximum atomic E-state index is 11.9. The molecule has 2 aromatic rings. The van der Waals surface area contributed by atoms with Gasteiger partial charge >= 0.3 is 5.97 Å². The fraction of sp³-hybridized carbons (Fsp3) is 0.176. The van der Waals surface area contributed by atoms with Crippen molar-refractivity contribution in [2.24, 2.45) is 0 Å². The second kappa shape index (κ2) is 6.70. The van der Waals surface area contributed by atoms with Crippen molar-refractivity contribution in [1.29, 1.82) is 0 Å². The Morgan fingerprint density at radius 1 is 1.05 bits per heavy atom. The fourth-order valence-electron chi connectivity index (χ4n) is 1.93. The molecular weight excluding hydrogens is 266 g/mol. The molecule has 4 heteroatoms. The number of rotatable bonds is 4. The zero-order chi connectivity index (χ0) is 15.2. The van der Waals surface area contributed by atoms with Crippen LogP contribution in [0.5, 0.6) is 0 Å². The summed E-state index contributed by atoms with van der Waals surface area (Å²) in [6.45, 7) is 3.46. The lowest BCUT2D eigenvalue weighted by atomic mass is 10.1. The van der Waals surface area contributed by atoms with E-state index in [0.717, 1.165) is 11.1 Å². The number of amides is 1. The summed E-state index contributed by atoms with van der Waals surface area (Å²) in [5, 5.41) is 2.69. The maximum absolute atomic E-state index is 11.9. The van der Waals surface area contributed by atoms with E-state index in [0.29, 0.717) is 11.3 Å². The first-order chi connectivity index (χ1) is 10.1. The molecule has 0 aliphatic heterocycles. The normalized spacial score (nSPS) is 10.0. The summed E-state index contributed by atoms with van der Waals surface area (Å²) in [7, 11) is 0. The van der Waals surface area contributed by atoms with Crippen LogP contribution in [0.3, 0.4) is 0 Å². The van der Waals surface area contributed by atoms with Crippen molar-refractivity contribution in [3.63, 3.8) is 0 Å². The Morgan fingerprint density at radius 2 is 1.81 bits per heavy atom. The van der Waals surface area contributed by atoms with Crippen molar-refractivity contribution in [3.8, 4) is 0 Å². The molecule has 0 bridgehead atoms. The van der Waals surface area contributed by atoms with Crippen LogP contribution in [0.15, 0.2) is 48.5 Å². The van der Waals surface area contributed by atoms with Crippen LogP contribution in [0, 0.1) is 13.8 Å². The Balaban J connectivity index is 1.90. The van der Waals surface area contributed by atoms with Gasteiger partial charge in [0.2, 0.25) is 0 Å². The fourth-order valence-corrected chi connectivity index (χ4v) is 1.93. The first-order valence-electron chi connectivity index (χ1n) is 6.65. The van der Waals surface area contributed by atoms with Gasteiger partial charge in [-0.3, -0.25) is 4.79 Å². The highest BCUT2D eigenvalue weighted by Crippen LogP contribution is 2.10. The molecular formula is C17H17NO3. The van der Waals surface area contributed by atoms with Crippen LogP contribution in [-0.4, -0.2) is 18.5 Å². The van der Waals surface area contributed by atoms with E-state index in [1.165, 1.54) is 0 Å². The number of benzene rings is 2. The first-order valence-corrected chi connectivity index (χ1v) is 6.65. The molecule has 1 N–H and O–H groups in total. The quantitative estimate of drug-likeness (QED) is 0.877. The predicted octanol–water partition coefficient (Wildman–Crippen LogP) is 3.10. The number of carbonyl (C=O) groups excluding carboxylic acids is 2. The Labute approximate surface area is 123 Å². The molecule has 0 aliphatic carbocycles. The highest BCUT2D eigenvalue weighted by molar-refractivity contribution is 5.96. The molecule has 0 heterocycles. The van der Waals surface area contributed by atoms with E-state index >= 15 is 0 Å². The molecule has 0 fully saturated rings. The summed E-state index contributed by atoms with van der Waals surface area (Å²) >= 11 is 0. The molecule has 2 aromatic carbocycles. The molecule has 2 rings (SSSR count). The molecule has 0 atom stereocenters. The first kappa shape index (κ1) is 14.8. The third-order valence-corrected chi connectivity index (χ3v) is 3.00. The second-order valence-electron chi connectivity index (χ2n) is 4.81. The minimum atomic E-state index is -0.493. The summed E-state index contributed by atoms with van der Waals surface area (Å²) in [5.41, 5.74) is 3.03. The third kappa shape index (κ3) is 4.18. The molecule has 0 aromatic heterocycles. The van der Waals surface area contributed by atoms with Gasteiger partial charge in [0.25, 0.3) is 5.91 Å². The molecule has 0 spiro atoms. The summed E-state index contributed by atoms with van der Waals surface area (Å²) in [4.78, 5) is 23.6. The van der Waals surface area contributed by atoms with Crippen molar-refractivity contribution in [3.05, 3.63) is 65.2 Å². The predicted molar refractivity (Wildman–Crippen MR) is 81.3 cm³/mol. The van der Waals surface area contributed by atoms with Crippen molar-refractivity contribution in [2.75, 3.05) is 11.9 Å². The molecule has 0 unspecified atom stereocenters. The van der Waals surface area contributed by atoms with Gasteiger partial charge in [-0.1, -0.05) is 30.3 Å². The van der Waals surface area contributed by atoms with Gasteiger partial charge in [-0.2, -0.15) is 0 Å². The van der Waals surface area contributed by atoms with Crippen LogP contribution in [-0.2, 0) is 9.53 Å². The number of esters is 1. The lowest BCUT2D eigenvalue weighted by Gasteiger charge is -2.08. The van der Waals surface area contributed by atoms with E-state index in [9.17, 15) is 9.59 Å². The minimum absolute atomic E-state index is 0.304. The highest BCUT2D eigenvalue weighted by Gasteiger charge is 2.12. The molecule has 0 saturated carbocycles. The molecule has 21 heavy (non-hydrogen) atoms. The Kier molecular flexibility index (Phi) is 4.72. The summed E-state index contributed by atoms with van der Waals surface area (Å²) in [6, 6.07) is 14.5. The van der Waals surface area contributed by atoms with E-state index in [2.05, 4.69) is 5.32 Å². The van der Waals surface area contributed by atoms with E-state index in [1.807, 2.05) is 44.2 Å². The molecule has 1 amide bonds. The monoisotopic (exact) mass is 283 g/mol. The second-order valence-corrected chi connectivity index (χ2v) is 4.81. The van der Waals surface area contributed by atoms with Crippen molar-refractivity contribution in [2.45, 2.75) is 13.8 Å². The van der Waals surface area contributed by atoms with Crippen LogP contribution in [0.1, 0.15) is 21.5 Å². The van der Waals surface area contributed by atoms with Gasteiger partial charge in [-0.15, -0.1) is 0 Å². The van der Waals surface area contributed by atoms with Crippen LogP contribution in [0.4, 0.5) is 5.69 Å². The van der Waals surface area contributed by atoms with Crippen LogP contribution >= 0.6 is 0 Å². The van der Waals surface area contributed by atoms with Crippen LogP contribution in [0.2, 0.25) is 0 Å². The van der Waals surface area contributed by atoms with Gasteiger partial charge in [-0.05, 0) is 43.2 Å². The Hall–Kier alpha value is -2.62. The zero-order valence-corrected chi connectivity index (χ0v) is 12.1. The summed E-state index contributed by atoms with van der Waals surface area (Å²) < 4.78 is 5.02. The number of aryl methyl sites for hydroxylation is 2. The van der Waals surface area contributed by atoms with E-state index in [1.54, 1.807) is 18.2 Å². The number of anilines is 1. The van der Waals surface area contributed by atoms with E-state index in [4.69, 9.17) is 4.74 Å². The maximum Gasteiger partial charge on any atom is 0.338 e. The van der Waals surface area contributed by atoms with Gasteiger partial charge in [0.05, 0.1) is 5.56 Å². The largest absolute Gasteiger partial charge is 0.452 e. The highest BCUT2D eigenvalue weighted by atomic mass is 16.5. The number of hydrogen-bond acceptors (Lipinski definition) is 3. The smallest absolute Gasteiger partial charge is 0.338 e. The minimum Gasteiger partial charge on any atom is -0.452 e. The summed E-state index contributed by atoms with van der Waals surface area (Å²) in [5.74, 6) is -0.852. The number of carbonyl (C=O) groups is 2. The van der Waals surface area contributed by atoms with Crippen molar-refractivity contribution < 1.29 is 14.3 Å². The van der Waals surface area contributed by atoms with Crippen molar-refractivity contribution >= 4 is 17.6 Å². The van der Waals surface area contributed by atoms with E-state index in [-0.39, 0.29) is 12.5 Å². The standard InChI is InChI=1S/C17H17NO3/c1-12-6-5-8-14(10-12)18-16(19)11-21-17(20)15-9-4-3-7-13(15)2/h3-10H,11H2,1-2H3,(H,18,19). The average Bonchev–Trinajstić information content (AvgIpc) is 2.45. The van der Waals surface area contributed by atoms with Crippen LogP contribution < -0.4 is 5.32 Å². The Morgan fingerprint density at radius 3 is 2.52 bits per heavy atom. The molecule has 4 nitrogen and oxygen atoms in total. The number of hydrogen-bond donors (Lipinski definition) is 1. The van der Waals surface area contributed by atoms with Gasteiger partial charge in [0.1, 0.15) is 0 Å². The van der Waals surface area contributed by atoms with Gasteiger partial charge in [0.15, 0.2) is 6.61 Å². The van der Waals surface area contributed by atoms with Gasteiger partial charge < -0.3 is 10.1 Å². The zero-order valence-electron chi connectivity index (χ0n) is 12.1. The van der Waals surface area contributed by atoms with Crippen molar-refractivity contribution in [1.82, 2.24) is 0 Å². The van der Waals surface area contributed by atoms with Crippen LogP contribution in [0.25, 0.3) is 0 Å². The van der Waals surface area contributed by atoms with Gasteiger partial charge in [-0.25, -0.2) is 4.79 Å². The third-order valence-electron chi connectivity index (χ3n) is 3.00. The lowest BCUT2D eigenvalue weighted by molar-refractivity contribution is -0.119. The number of ether oxygens (including phenoxy) is 1. The Bertz CT molecular complexity index is 665.